The summed E-state index contributed by atoms with van der Waals surface area (Å²) in [6.07, 6.45) is 0.403. The van der Waals surface area contributed by atoms with Gasteiger partial charge in [0.1, 0.15) is 11.5 Å². The molecule has 0 N–H and O–H groups in total. The number of hydrogen-bond acceptors (Lipinski definition) is 6. The van der Waals surface area contributed by atoms with Crippen LogP contribution in [0.5, 0.6) is 5.75 Å². The van der Waals surface area contributed by atoms with Crippen LogP contribution in [0.1, 0.15) is 11.4 Å². The lowest BCUT2D eigenvalue weighted by Crippen LogP contribution is -2.15. The Kier molecular flexibility index (Phi) is 6.41. The fraction of sp³-hybridized carbons (Fsp3) is 0.182. The number of rotatable bonds is 8. The number of sulfone groups is 1. The lowest BCUT2D eigenvalue weighted by molar-refractivity contribution is 0.412. The van der Waals surface area contributed by atoms with Crippen LogP contribution in [0.3, 0.4) is 0 Å². The molecule has 0 radical (unpaired) electrons. The largest absolute Gasteiger partial charge is 0.495 e. The molecule has 0 aliphatic rings. The summed E-state index contributed by atoms with van der Waals surface area (Å²) in [7, 11) is -1.86. The van der Waals surface area contributed by atoms with Crippen LogP contribution in [0.25, 0.3) is 16.4 Å². The molecule has 0 aliphatic heterocycles. The van der Waals surface area contributed by atoms with Gasteiger partial charge in [-0.3, -0.25) is 4.57 Å². The Bertz CT molecular complexity index is 1270. The quantitative estimate of drug-likeness (QED) is 0.367. The van der Waals surface area contributed by atoms with Crippen molar-refractivity contribution in [1.29, 1.82) is 0 Å². The minimum Gasteiger partial charge on any atom is -0.495 e. The van der Waals surface area contributed by atoms with Crippen LogP contribution in [-0.2, 0) is 22.0 Å². The molecule has 0 amide bonds. The van der Waals surface area contributed by atoms with E-state index in [-0.39, 0.29) is 11.5 Å². The SMILES string of the molecule is COc1ccccc1-n1c(CS(=O)(=O)CCc2ccc(Cl)cc2)nnc1-c1cccs1. The van der Waals surface area contributed by atoms with Gasteiger partial charge in [-0.05, 0) is 47.7 Å². The van der Waals surface area contributed by atoms with Gasteiger partial charge >= 0.3 is 0 Å². The average molecular weight is 474 g/mol. The molecule has 0 atom stereocenters. The molecular weight excluding hydrogens is 454 g/mol. The van der Waals surface area contributed by atoms with E-state index >= 15 is 0 Å². The van der Waals surface area contributed by atoms with Crippen molar-refractivity contribution in [2.24, 2.45) is 0 Å². The van der Waals surface area contributed by atoms with E-state index < -0.39 is 9.84 Å². The van der Waals surface area contributed by atoms with Gasteiger partial charge in [0, 0.05) is 5.02 Å². The van der Waals surface area contributed by atoms with Crippen LogP contribution in [-0.4, -0.2) is 36.0 Å². The first-order chi connectivity index (χ1) is 15.0. The molecule has 0 fully saturated rings. The number of methoxy groups -OCH3 is 1. The third kappa shape index (κ3) is 4.98. The highest BCUT2D eigenvalue weighted by molar-refractivity contribution is 7.90. The number of ether oxygens (including phenoxy) is 1. The fourth-order valence-electron chi connectivity index (χ4n) is 3.24. The minimum absolute atomic E-state index is 0.00174. The second-order valence-electron chi connectivity index (χ2n) is 6.89. The molecule has 0 spiro atoms. The van der Waals surface area contributed by atoms with Gasteiger partial charge in [-0.1, -0.05) is 41.9 Å². The Labute approximate surface area is 190 Å². The molecule has 2 aromatic carbocycles. The van der Waals surface area contributed by atoms with E-state index in [2.05, 4.69) is 10.2 Å². The molecule has 2 aromatic heterocycles. The van der Waals surface area contributed by atoms with Crippen LogP contribution in [0.2, 0.25) is 5.02 Å². The molecule has 160 valence electrons. The van der Waals surface area contributed by atoms with Crippen molar-refractivity contribution in [3.05, 3.63) is 82.5 Å². The number of hydrogen-bond donors (Lipinski definition) is 0. The Balaban J connectivity index is 1.67. The second kappa shape index (κ2) is 9.21. The predicted molar refractivity (Wildman–Crippen MR) is 124 cm³/mol. The highest BCUT2D eigenvalue weighted by Gasteiger charge is 2.23. The van der Waals surface area contributed by atoms with Gasteiger partial charge in [0.2, 0.25) is 0 Å². The summed E-state index contributed by atoms with van der Waals surface area (Å²) >= 11 is 7.42. The number of thiophene rings is 1. The highest BCUT2D eigenvalue weighted by atomic mass is 35.5. The summed E-state index contributed by atoms with van der Waals surface area (Å²) in [6.45, 7) is 0. The van der Waals surface area contributed by atoms with E-state index in [1.54, 1.807) is 23.8 Å². The third-order valence-corrected chi connectivity index (χ3v) is 7.40. The van der Waals surface area contributed by atoms with Gasteiger partial charge in [-0.15, -0.1) is 21.5 Å². The zero-order chi connectivity index (χ0) is 21.8. The maximum atomic E-state index is 12.9. The van der Waals surface area contributed by atoms with Crippen LogP contribution in [0, 0.1) is 0 Å². The van der Waals surface area contributed by atoms with Gasteiger partial charge < -0.3 is 4.74 Å². The molecule has 0 unspecified atom stereocenters. The predicted octanol–water partition coefficient (Wildman–Crippen LogP) is 4.82. The van der Waals surface area contributed by atoms with E-state index in [1.165, 1.54) is 11.3 Å². The zero-order valence-electron chi connectivity index (χ0n) is 16.7. The Morgan fingerprint density at radius 1 is 1.03 bits per heavy atom. The third-order valence-electron chi connectivity index (χ3n) is 4.76. The lowest BCUT2D eigenvalue weighted by Gasteiger charge is -2.13. The molecule has 0 bridgehead atoms. The Morgan fingerprint density at radius 3 is 2.52 bits per heavy atom. The molecule has 0 saturated carbocycles. The normalized spacial score (nSPS) is 11.5. The monoisotopic (exact) mass is 473 g/mol. The van der Waals surface area contributed by atoms with Gasteiger partial charge in [-0.2, -0.15) is 0 Å². The number of para-hydroxylation sites is 2. The first-order valence-corrected chi connectivity index (χ1v) is 12.6. The van der Waals surface area contributed by atoms with Crippen molar-refractivity contribution in [1.82, 2.24) is 14.8 Å². The average Bonchev–Trinajstić information content (AvgIpc) is 3.43. The van der Waals surface area contributed by atoms with Crippen molar-refractivity contribution in [2.45, 2.75) is 12.2 Å². The topological polar surface area (TPSA) is 74.1 Å². The number of aromatic nitrogens is 3. The van der Waals surface area contributed by atoms with E-state index in [4.69, 9.17) is 16.3 Å². The molecule has 2 heterocycles. The lowest BCUT2D eigenvalue weighted by atomic mass is 10.2. The van der Waals surface area contributed by atoms with Gasteiger partial charge in [0.05, 0.1) is 23.4 Å². The smallest absolute Gasteiger partial charge is 0.178 e. The summed E-state index contributed by atoms with van der Waals surface area (Å²) in [4.78, 5) is 0.892. The van der Waals surface area contributed by atoms with Crippen LogP contribution in [0.15, 0.2) is 66.0 Å². The molecule has 9 heteroatoms. The fourth-order valence-corrected chi connectivity index (χ4v) is 5.33. The Hall–Kier alpha value is -2.68. The van der Waals surface area contributed by atoms with Crippen LogP contribution in [0.4, 0.5) is 0 Å². The van der Waals surface area contributed by atoms with E-state index in [1.807, 2.05) is 53.9 Å². The van der Waals surface area contributed by atoms with E-state index in [0.29, 0.717) is 34.5 Å². The number of nitrogens with zero attached hydrogens (tertiary/aromatic N) is 3. The first kappa shape index (κ1) is 21.5. The first-order valence-electron chi connectivity index (χ1n) is 9.53. The standard InChI is InChI=1S/C22H20ClN3O3S2/c1-29-19-6-3-2-5-18(19)26-21(24-25-22(26)20-7-4-13-30-20)15-31(27,28)14-12-16-8-10-17(23)11-9-16/h2-11,13H,12,14-15H2,1H3. The Morgan fingerprint density at radius 2 is 1.81 bits per heavy atom. The van der Waals surface area contributed by atoms with Crippen molar-refractivity contribution in [3.63, 3.8) is 0 Å². The molecular formula is C22H20ClN3O3S2. The van der Waals surface area contributed by atoms with Gasteiger partial charge in [-0.25, -0.2) is 8.42 Å². The number of benzene rings is 2. The summed E-state index contributed by atoms with van der Waals surface area (Å²) in [5, 5.41) is 11.1. The van der Waals surface area contributed by atoms with E-state index in [9.17, 15) is 8.42 Å². The number of aryl methyl sites for hydroxylation is 1. The minimum atomic E-state index is -3.44. The molecule has 6 nitrogen and oxygen atoms in total. The molecule has 0 saturated heterocycles. The van der Waals surface area contributed by atoms with Crippen molar-refractivity contribution in [2.75, 3.05) is 12.9 Å². The van der Waals surface area contributed by atoms with E-state index in [0.717, 1.165) is 10.4 Å². The van der Waals surface area contributed by atoms with Crippen molar-refractivity contribution in [3.8, 4) is 22.1 Å². The van der Waals surface area contributed by atoms with Crippen molar-refractivity contribution >= 4 is 32.8 Å². The van der Waals surface area contributed by atoms with Crippen LogP contribution >= 0.6 is 22.9 Å². The van der Waals surface area contributed by atoms with Gasteiger partial charge in [0.25, 0.3) is 0 Å². The molecule has 4 aromatic rings. The molecule has 0 aliphatic carbocycles. The summed E-state index contributed by atoms with van der Waals surface area (Å²) in [5.74, 6) is 1.32. The maximum Gasteiger partial charge on any atom is 0.178 e. The molecule has 4 rings (SSSR count). The highest BCUT2D eigenvalue weighted by Crippen LogP contribution is 2.31. The maximum absolute atomic E-state index is 12.9. The van der Waals surface area contributed by atoms with Crippen molar-refractivity contribution < 1.29 is 13.2 Å². The molecule has 31 heavy (non-hydrogen) atoms. The zero-order valence-corrected chi connectivity index (χ0v) is 19.1. The number of halogens is 1. The van der Waals surface area contributed by atoms with Gasteiger partial charge in [0.15, 0.2) is 21.5 Å². The second-order valence-corrected chi connectivity index (χ2v) is 10.5. The summed E-state index contributed by atoms with van der Waals surface area (Å²) in [5.41, 5.74) is 1.61. The summed E-state index contributed by atoms with van der Waals surface area (Å²) in [6, 6.07) is 18.5. The summed E-state index contributed by atoms with van der Waals surface area (Å²) < 4.78 is 33.2. The van der Waals surface area contributed by atoms with Crippen LogP contribution < -0.4 is 4.74 Å².